The van der Waals surface area contributed by atoms with Gasteiger partial charge in [0, 0.05) is 25.0 Å². The zero-order chi connectivity index (χ0) is 14.6. The first kappa shape index (κ1) is 15.3. The molecule has 1 saturated heterocycles. The summed E-state index contributed by atoms with van der Waals surface area (Å²) in [6, 6.07) is 3.71. The number of hydrogen-bond donors (Lipinski definition) is 1. The lowest BCUT2D eigenvalue weighted by Gasteiger charge is -2.37. The molecule has 0 saturated carbocycles. The molecule has 2 heterocycles. The van der Waals surface area contributed by atoms with E-state index in [1.807, 2.05) is 7.05 Å². The Morgan fingerprint density at radius 2 is 2.25 bits per heavy atom. The predicted molar refractivity (Wildman–Crippen MR) is 80.9 cm³/mol. The van der Waals surface area contributed by atoms with Gasteiger partial charge in [0.15, 0.2) is 9.84 Å². The Hall–Kier alpha value is -1.14. The minimum atomic E-state index is -3.25. The second-order valence-electron chi connectivity index (χ2n) is 5.33. The molecule has 1 fully saturated rings. The Bertz CT molecular complexity index is 545. The zero-order valence-corrected chi connectivity index (χ0v) is 13.0. The number of sulfone groups is 1. The number of piperidine rings is 1. The van der Waals surface area contributed by atoms with Gasteiger partial charge < -0.3 is 10.2 Å². The van der Waals surface area contributed by atoms with Gasteiger partial charge in [0.05, 0.1) is 0 Å². The summed E-state index contributed by atoms with van der Waals surface area (Å²) in [7, 11) is -1.31. The van der Waals surface area contributed by atoms with Gasteiger partial charge in [-0.25, -0.2) is 13.4 Å². The van der Waals surface area contributed by atoms with Crippen molar-refractivity contribution >= 4 is 15.7 Å². The fraction of sp³-hybridized carbons (Fsp3) is 0.643. The van der Waals surface area contributed by atoms with E-state index in [1.165, 1.54) is 12.7 Å². The van der Waals surface area contributed by atoms with Crippen molar-refractivity contribution in [2.24, 2.45) is 0 Å². The molecule has 0 aliphatic carbocycles. The van der Waals surface area contributed by atoms with Crippen LogP contribution in [-0.4, -0.2) is 45.8 Å². The normalized spacial score (nSPS) is 20.1. The van der Waals surface area contributed by atoms with Crippen LogP contribution in [0.1, 0.15) is 25.7 Å². The summed E-state index contributed by atoms with van der Waals surface area (Å²) in [4.78, 5) is 6.88. The van der Waals surface area contributed by atoms with Crippen LogP contribution in [0, 0.1) is 0 Å². The summed E-state index contributed by atoms with van der Waals surface area (Å²) in [5.74, 6) is 0.621. The molecule has 112 valence electrons. The third-order valence-corrected chi connectivity index (χ3v) is 4.89. The fourth-order valence-corrected chi connectivity index (χ4v) is 3.61. The van der Waals surface area contributed by atoms with Crippen LogP contribution in [0.5, 0.6) is 0 Å². The van der Waals surface area contributed by atoms with Crippen molar-refractivity contribution in [2.75, 3.05) is 31.3 Å². The number of anilines is 1. The summed E-state index contributed by atoms with van der Waals surface area (Å²) in [5, 5.41) is 3.17. The van der Waals surface area contributed by atoms with Crippen LogP contribution in [0.2, 0.25) is 0 Å². The number of nitrogens with one attached hydrogen (secondary N) is 1. The Morgan fingerprint density at radius 3 is 2.95 bits per heavy atom. The minimum absolute atomic E-state index is 0.344. The molecule has 1 N–H and O–H groups in total. The highest BCUT2D eigenvalue weighted by Gasteiger charge is 2.27. The van der Waals surface area contributed by atoms with E-state index in [2.05, 4.69) is 15.2 Å². The third kappa shape index (κ3) is 3.49. The van der Waals surface area contributed by atoms with Crippen LogP contribution in [0.3, 0.4) is 0 Å². The summed E-state index contributed by atoms with van der Waals surface area (Å²) >= 11 is 0. The molecule has 0 spiro atoms. The molecule has 1 aromatic heterocycles. The molecule has 1 unspecified atom stereocenters. The van der Waals surface area contributed by atoms with Gasteiger partial charge in [0.25, 0.3) is 0 Å². The molecule has 0 amide bonds. The summed E-state index contributed by atoms with van der Waals surface area (Å²) in [6.07, 6.45) is 7.33. The first-order valence-corrected chi connectivity index (χ1v) is 8.99. The quantitative estimate of drug-likeness (QED) is 0.891. The summed E-state index contributed by atoms with van der Waals surface area (Å²) in [6.45, 7) is 1.82. The first-order chi connectivity index (χ1) is 9.54. The van der Waals surface area contributed by atoms with Gasteiger partial charge in [-0.3, -0.25) is 0 Å². The highest BCUT2D eigenvalue weighted by atomic mass is 32.2. The molecule has 1 aliphatic rings. The van der Waals surface area contributed by atoms with Crippen molar-refractivity contribution < 1.29 is 8.42 Å². The van der Waals surface area contributed by atoms with Crippen molar-refractivity contribution in [3.8, 4) is 0 Å². The Morgan fingerprint density at radius 1 is 1.45 bits per heavy atom. The number of aromatic nitrogens is 1. The van der Waals surface area contributed by atoms with Gasteiger partial charge in [-0.15, -0.1) is 0 Å². The van der Waals surface area contributed by atoms with Crippen LogP contribution in [0.15, 0.2) is 23.2 Å². The molecule has 0 radical (unpaired) electrons. The van der Waals surface area contributed by atoms with Crippen LogP contribution >= 0.6 is 0 Å². The monoisotopic (exact) mass is 297 g/mol. The standard InChI is InChI=1S/C14H23N3O2S/c1-15-10-8-12-6-3-4-11-17(12)14-13(20(2,18)19)7-5-9-16-14/h5,7,9,12,15H,3-4,6,8,10-11H2,1-2H3. The van der Waals surface area contributed by atoms with E-state index in [0.717, 1.165) is 32.4 Å². The van der Waals surface area contributed by atoms with E-state index in [0.29, 0.717) is 16.8 Å². The largest absolute Gasteiger partial charge is 0.353 e. The highest BCUT2D eigenvalue weighted by molar-refractivity contribution is 7.90. The van der Waals surface area contributed by atoms with E-state index < -0.39 is 9.84 Å². The molecule has 20 heavy (non-hydrogen) atoms. The second kappa shape index (κ2) is 6.54. The highest BCUT2D eigenvalue weighted by Crippen LogP contribution is 2.29. The smallest absolute Gasteiger partial charge is 0.179 e. The molecule has 1 atom stereocenters. The summed E-state index contributed by atoms with van der Waals surface area (Å²) < 4.78 is 23.9. The minimum Gasteiger partial charge on any atom is -0.353 e. The number of rotatable bonds is 5. The van der Waals surface area contributed by atoms with Crippen molar-refractivity contribution in [3.05, 3.63) is 18.3 Å². The van der Waals surface area contributed by atoms with Crippen molar-refractivity contribution in [1.82, 2.24) is 10.3 Å². The molecular weight excluding hydrogens is 274 g/mol. The van der Waals surface area contributed by atoms with Gasteiger partial charge in [-0.1, -0.05) is 0 Å². The van der Waals surface area contributed by atoms with Crippen LogP contribution < -0.4 is 10.2 Å². The van der Waals surface area contributed by atoms with E-state index in [4.69, 9.17) is 0 Å². The lowest BCUT2D eigenvalue weighted by Crippen LogP contribution is -2.42. The molecule has 0 bridgehead atoms. The molecule has 5 nitrogen and oxygen atoms in total. The number of pyridine rings is 1. The van der Waals surface area contributed by atoms with E-state index >= 15 is 0 Å². The lowest BCUT2D eigenvalue weighted by molar-refractivity contribution is 0.428. The Balaban J connectivity index is 2.33. The first-order valence-electron chi connectivity index (χ1n) is 7.10. The molecular formula is C14H23N3O2S. The van der Waals surface area contributed by atoms with Gasteiger partial charge >= 0.3 is 0 Å². The topological polar surface area (TPSA) is 62.3 Å². The van der Waals surface area contributed by atoms with Crippen molar-refractivity contribution in [3.63, 3.8) is 0 Å². The molecule has 6 heteroatoms. The molecule has 1 aromatic rings. The molecule has 1 aliphatic heterocycles. The van der Waals surface area contributed by atoms with Gasteiger partial charge in [0.1, 0.15) is 10.7 Å². The van der Waals surface area contributed by atoms with Crippen molar-refractivity contribution in [2.45, 2.75) is 36.6 Å². The molecule has 0 aromatic carbocycles. The predicted octanol–water partition coefficient (Wildman–Crippen LogP) is 1.45. The van der Waals surface area contributed by atoms with Gasteiger partial charge in [-0.05, 0) is 51.4 Å². The third-order valence-electron chi connectivity index (χ3n) is 3.78. The maximum absolute atomic E-state index is 11.9. The van der Waals surface area contributed by atoms with E-state index in [-0.39, 0.29) is 0 Å². The van der Waals surface area contributed by atoms with Gasteiger partial charge in [-0.2, -0.15) is 0 Å². The maximum atomic E-state index is 11.9. The van der Waals surface area contributed by atoms with Crippen molar-refractivity contribution in [1.29, 1.82) is 0 Å². The van der Waals surface area contributed by atoms with Crippen LogP contribution in [0.4, 0.5) is 5.82 Å². The SMILES string of the molecule is CNCCC1CCCCN1c1ncccc1S(C)(=O)=O. The Kier molecular flexibility index (Phi) is 4.99. The Labute approximate surface area is 121 Å². The second-order valence-corrected chi connectivity index (χ2v) is 7.32. The zero-order valence-electron chi connectivity index (χ0n) is 12.2. The van der Waals surface area contributed by atoms with Gasteiger partial charge in [0.2, 0.25) is 0 Å². The lowest BCUT2D eigenvalue weighted by atomic mass is 9.99. The van der Waals surface area contributed by atoms with E-state index in [1.54, 1.807) is 18.3 Å². The van der Waals surface area contributed by atoms with Crippen LogP contribution in [-0.2, 0) is 9.84 Å². The average molecular weight is 297 g/mol. The average Bonchev–Trinajstić information content (AvgIpc) is 2.44. The fourth-order valence-electron chi connectivity index (χ4n) is 2.78. The molecule has 2 rings (SSSR count). The number of nitrogens with zero attached hydrogens (tertiary/aromatic N) is 2. The number of hydrogen-bond acceptors (Lipinski definition) is 5. The van der Waals surface area contributed by atoms with Crippen LogP contribution in [0.25, 0.3) is 0 Å². The van der Waals surface area contributed by atoms with E-state index in [9.17, 15) is 8.42 Å². The summed E-state index contributed by atoms with van der Waals surface area (Å²) in [5.41, 5.74) is 0. The maximum Gasteiger partial charge on any atom is 0.179 e.